The van der Waals surface area contributed by atoms with E-state index in [0.717, 1.165) is 0 Å². The van der Waals surface area contributed by atoms with E-state index in [1.54, 1.807) is 25.1 Å². The van der Waals surface area contributed by atoms with Crippen LogP contribution in [-0.2, 0) is 0 Å². The van der Waals surface area contributed by atoms with Gasteiger partial charge < -0.3 is 4.90 Å². The SMILES string of the molecule is Cc1ccc(F)cc1C(=O)N(CCC#N)c1ccccc1. The molecule has 21 heavy (non-hydrogen) atoms. The molecule has 0 saturated carbocycles. The van der Waals surface area contributed by atoms with Gasteiger partial charge in [0.1, 0.15) is 5.82 Å². The van der Waals surface area contributed by atoms with Crippen LogP contribution in [0.4, 0.5) is 10.1 Å². The lowest BCUT2D eigenvalue weighted by Gasteiger charge is -2.22. The van der Waals surface area contributed by atoms with E-state index >= 15 is 0 Å². The molecule has 0 aromatic heterocycles. The number of anilines is 1. The Morgan fingerprint density at radius 2 is 1.95 bits per heavy atom. The number of benzene rings is 2. The lowest BCUT2D eigenvalue weighted by molar-refractivity contribution is 0.0986. The van der Waals surface area contributed by atoms with Crippen molar-refractivity contribution in [1.82, 2.24) is 0 Å². The molecule has 0 aliphatic heterocycles. The van der Waals surface area contributed by atoms with E-state index in [-0.39, 0.29) is 18.9 Å². The molecule has 0 N–H and O–H groups in total. The number of carbonyl (C=O) groups excluding carboxylic acids is 1. The quantitative estimate of drug-likeness (QED) is 0.858. The monoisotopic (exact) mass is 282 g/mol. The highest BCUT2D eigenvalue weighted by atomic mass is 19.1. The molecule has 2 aromatic carbocycles. The van der Waals surface area contributed by atoms with Gasteiger partial charge in [0.25, 0.3) is 5.91 Å². The van der Waals surface area contributed by atoms with Gasteiger partial charge in [0.05, 0.1) is 12.5 Å². The van der Waals surface area contributed by atoms with Crippen molar-refractivity contribution in [2.75, 3.05) is 11.4 Å². The molecule has 0 saturated heterocycles. The molecule has 2 aromatic rings. The minimum Gasteiger partial charge on any atom is -0.307 e. The standard InChI is InChI=1S/C17H15FN2O/c1-13-8-9-14(18)12-16(13)17(21)20(11-5-10-19)15-6-3-2-4-7-15/h2-4,6-9,12H,5,11H2,1H3. The number of aryl methyl sites for hydroxylation is 1. The van der Waals surface area contributed by atoms with Gasteiger partial charge >= 0.3 is 0 Å². The molecule has 106 valence electrons. The third-order valence-electron chi connectivity index (χ3n) is 3.19. The van der Waals surface area contributed by atoms with Crippen LogP contribution in [0.2, 0.25) is 0 Å². The van der Waals surface area contributed by atoms with E-state index in [1.807, 2.05) is 24.3 Å². The maximum absolute atomic E-state index is 13.4. The maximum Gasteiger partial charge on any atom is 0.258 e. The van der Waals surface area contributed by atoms with Crippen molar-refractivity contribution in [1.29, 1.82) is 5.26 Å². The second-order valence-electron chi connectivity index (χ2n) is 4.66. The third-order valence-corrected chi connectivity index (χ3v) is 3.19. The highest BCUT2D eigenvalue weighted by molar-refractivity contribution is 6.07. The topological polar surface area (TPSA) is 44.1 Å². The van der Waals surface area contributed by atoms with Gasteiger partial charge in [-0.15, -0.1) is 0 Å². The Hall–Kier alpha value is -2.67. The average molecular weight is 282 g/mol. The second kappa shape index (κ2) is 6.67. The van der Waals surface area contributed by atoms with Crippen LogP contribution in [0.5, 0.6) is 0 Å². The van der Waals surface area contributed by atoms with Crippen LogP contribution in [0.15, 0.2) is 48.5 Å². The molecule has 0 heterocycles. The van der Waals surface area contributed by atoms with Crippen molar-refractivity contribution in [3.8, 4) is 6.07 Å². The Kier molecular flexibility index (Phi) is 4.68. The van der Waals surface area contributed by atoms with Gasteiger partial charge in [-0.3, -0.25) is 4.79 Å². The molecule has 0 aliphatic carbocycles. The fourth-order valence-corrected chi connectivity index (χ4v) is 2.09. The number of nitriles is 1. The van der Waals surface area contributed by atoms with Gasteiger partial charge in [0.2, 0.25) is 0 Å². The molecule has 0 fully saturated rings. The van der Waals surface area contributed by atoms with Gasteiger partial charge in [-0.2, -0.15) is 5.26 Å². The second-order valence-corrected chi connectivity index (χ2v) is 4.66. The summed E-state index contributed by atoms with van der Waals surface area (Å²) < 4.78 is 13.4. The number of hydrogen-bond acceptors (Lipinski definition) is 2. The number of carbonyl (C=O) groups is 1. The van der Waals surface area contributed by atoms with Gasteiger partial charge in [-0.05, 0) is 36.8 Å². The minimum atomic E-state index is -0.447. The predicted octanol–water partition coefficient (Wildman–Crippen LogP) is 3.69. The largest absolute Gasteiger partial charge is 0.307 e. The summed E-state index contributed by atoms with van der Waals surface area (Å²) in [7, 11) is 0. The van der Waals surface area contributed by atoms with Crippen molar-refractivity contribution < 1.29 is 9.18 Å². The molecular weight excluding hydrogens is 267 g/mol. The molecule has 4 heteroatoms. The van der Waals surface area contributed by atoms with E-state index in [1.165, 1.54) is 17.0 Å². The summed E-state index contributed by atoms with van der Waals surface area (Å²) in [5, 5.41) is 8.77. The lowest BCUT2D eigenvalue weighted by atomic mass is 10.1. The Morgan fingerprint density at radius 3 is 2.62 bits per heavy atom. The van der Waals surface area contributed by atoms with E-state index in [4.69, 9.17) is 5.26 Å². The van der Waals surface area contributed by atoms with Crippen molar-refractivity contribution in [2.24, 2.45) is 0 Å². The van der Waals surface area contributed by atoms with Crippen LogP contribution in [0.3, 0.4) is 0 Å². The summed E-state index contributed by atoms with van der Waals surface area (Å²) >= 11 is 0. The highest BCUT2D eigenvalue weighted by Crippen LogP contribution is 2.19. The Bertz CT molecular complexity index is 677. The Balaban J connectivity index is 2.39. The first kappa shape index (κ1) is 14.7. The lowest BCUT2D eigenvalue weighted by Crippen LogP contribution is -2.32. The van der Waals surface area contributed by atoms with E-state index in [0.29, 0.717) is 16.8 Å². The van der Waals surface area contributed by atoms with E-state index in [2.05, 4.69) is 0 Å². The smallest absolute Gasteiger partial charge is 0.258 e. The zero-order valence-corrected chi connectivity index (χ0v) is 11.7. The summed E-state index contributed by atoms with van der Waals surface area (Å²) in [6, 6.07) is 15.3. The predicted molar refractivity (Wildman–Crippen MR) is 79.5 cm³/mol. The van der Waals surface area contributed by atoms with Crippen LogP contribution in [0, 0.1) is 24.1 Å². The summed E-state index contributed by atoms with van der Waals surface area (Å²) in [5.41, 5.74) is 1.72. The van der Waals surface area contributed by atoms with E-state index in [9.17, 15) is 9.18 Å². The molecule has 0 radical (unpaired) electrons. The summed E-state index contributed by atoms with van der Waals surface area (Å²) in [6.07, 6.45) is 0.217. The summed E-state index contributed by atoms with van der Waals surface area (Å²) in [4.78, 5) is 14.2. The normalized spacial score (nSPS) is 9.95. The summed E-state index contributed by atoms with van der Waals surface area (Å²) in [5.74, 6) is -0.745. The first-order chi connectivity index (χ1) is 10.1. The van der Waals surface area contributed by atoms with Crippen molar-refractivity contribution in [3.05, 3.63) is 65.5 Å². The molecule has 0 unspecified atom stereocenters. The van der Waals surface area contributed by atoms with Crippen molar-refractivity contribution in [3.63, 3.8) is 0 Å². The van der Waals surface area contributed by atoms with E-state index < -0.39 is 5.82 Å². The number of hydrogen-bond donors (Lipinski definition) is 0. The van der Waals surface area contributed by atoms with Crippen LogP contribution < -0.4 is 4.90 Å². The zero-order valence-electron chi connectivity index (χ0n) is 11.7. The molecule has 0 bridgehead atoms. The molecule has 1 amide bonds. The van der Waals surface area contributed by atoms with Gasteiger partial charge in [-0.25, -0.2) is 4.39 Å². The number of rotatable bonds is 4. The number of halogens is 1. The molecule has 0 atom stereocenters. The number of nitrogens with zero attached hydrogens (tertiary/aromatic N) is 2. The first-order valence-electron chi connectivity index (χ1n) is 6.63. The fraction of sp³-hybridized carbons (Fsp3) is 0.176. The van der Waals surface area contributed by atoms with Gasteiger partial charge in [-0.1, -0.05) is 24.3 Å². The van der Waals surface area contributed by atoms with Crippen LogP contribution in [0.1, 0.15) is 22.3 Å². The summed E-state index contributed by atoms with van der Waals surface area (Å²) in [6.45, 7) is 2.04. The molecule has 3 nitrogen and oxygen atoms in total. The number of para-hydroxylation sites is 1. The maximum atomic E-state index is 13.4. The Labute approximate surface area is 123 Å². The first-order valence-corrected chi connectivity index (χ1v) is 6.63. The average Bonchev–Trinajstić information content (AvgIpc) is 2.51. The molecule has 0 spiro atoms. The van der Waals surface area contributed by atoms with Crippen LogP contribution in [0.25, 0.3) is 0 Å². The molecule has 0 aliphatic rings. The van der Waals surface area contributed by atoms with Crippen molar-refractivity contribution in [2.45, 2.75) is 13.3 Å². The fourth-order valence-electron chi connectivity index (χ4n) is 2.09. The van der Waals surface area contributed by atoms with Crippen LogP contribution in [-0.4, -0.2) is 12.5 Å². The molecule has 2 rings (SSSR count). The van der Waals surface area contributed by atoms with Crippen molar-refractivity contribution >= 4 is 11.6 Å². The minimum absolute atomic E-state index is 0.217. The Morgan fingerprint density at radius 1 is 1.24 bits per heavy atom. The molecular formula is C17H15FN2O. The highest BCUT2D eigenvalue weighted by Gasteiger charge is 2.19. The van der Waals surface area contributed by atoms with Gasteiger partial charge in [0, 0.05) is 17.8 Å². The third kappa shape index (κ3) is 3.46. The zero-order chi connectivity index (χ0) is 15.2. The number of amides is 1. The van der Waals surface area contributed by atoms with Crippen LogP contribution >= 0.6 is 0 Å². The van der Waals surface area contributed by atoms with Gasteiger partial charge in [0.15, 0.2) is 0 Å².